The van der Waals surface area contributed by atoms with E-state index in [0.717, 1.165) is 26.0 Å². The van der Waals surface area contributed by atoms with Crippen LogP contribution in [0.15, 0.2) is 64.0 Å². The van der Waals surface area contributed by atoms with Crippen molar-refractivity contribution in [3.63, 3.8) is 0 Å². The van der Waals surface area contributed by atoms with Crippen LogP contribution in [-0.4, -0.2) is 15.0 Å². The minimum Gasteiger partial charge on any atom is -0.256 e. The number of anilines is 1. The standard InChI is InChI=1S/C19H18BrNO2S2/c20-18-16-8-4-5-9-17(16)24-19(18)21(13-12-14-10-11-14)25(22,23)15-6-2-1-3-7-15/h1-9,14H,10-13H2. The average Bonchev–Trinajstić information content (AvgIpc) is 3.40. The molecule has 0 atom stereocenters. The second-order valence-electron chi connectivity index (χ2n) is 6.34. The van der Waals surface area contributed by atoms with Crippen LogP contribution in [-0.2, 0) is 10.0 Å². The van der Waals surface area contributed by atoms with Crippen LogP contribution in [0.4, 0.5) is 5.00 Å². The van der Waals surface area contributed by atoms with Gasteiger partial charge in [-0.3, -0.25) is 4.31 Å². The summed E-state index contributed by atoms with van der Waals surface area (Å²) >= 11 is 5.17. The lowest BCUT2D eigenvalue weighted by Crippen LogP contribution is -2.31. The number of benzene rings is 2. The molecule has 0 aliphatic heterocycles. The maximum Gasteiger partial charge on any atom is 0.264 e. The highest BCUT2D eigenvalue weighted by Crippen LogP contribution is 2.44. The SMILES string of the molecule is O=S(=O)(c1ccccc1)N(CCC1CC1)c1sc2ccccc2c1Br. The Bertz CT molecular complexity index is 995. The Morgan fingerprint density at radius 3 is 2.40 bits per heavy atom. The van der Waals surface area contributed by atoms with Crippen molar-refractivity contribution in [3.05, 3.63) is 59.1 Å². The largest absolute Gasteiger partial charge is 0.264 e. The van der Waals surface area contributed by atoms with E-state index in [4.69, 9.17) is 0 Å². The van der Waals surface area contributed by atoms with E-state index in [9.17, 15) is 8.42 Å². The molecule has 0 unspecified atom stereocenters. The van der Waals surface area contributed by atoms with Crippen molar-refractivity contribution in [3.8, 4) is 0 Å². The molecule has 1 fully saturated rings. The Morgan fingerprint density at radius 2 is 1.72 bits per heavy atom. The molecule has 0 N–H and O–H groups in total. The van der Waals surface area contributed by atoms with Gasteiger partial charge in [-0.1, -0.05) is 49.2 Å². The van der Waals surface area contributed by atoms with Crippen molar-refractivity contribution in [2.45, 2.75) is 24.2 Å². The van der Waals surface area contributed by atoms with E-state index in [1.807, 2.05) is 30.3 Å². The summed E-state index contributed by atoms with van der Waals surface area (Å²) < 4.78 is 30.2. The van der Waals surface area contributed by atoms with E-state index in [0.29, 0.717) is 17.4 Å². The van der Waals surface area contributed by atoms with Gasteiger partial charge in [0.25, 0.3) is 10.0 Å². The van der Waals surface area contributed by atoms with Crippen LogP contribution in [0, 0.1) is 5.92 Å². The van der Waals surface area contributed by atoms with E-state index in [1.54, 1.807) is 28.6 Å². The van der Waals surface area contributed by atoms with Gasteiger partial charge >= 0.3 is 0 Å². The second-order valence-corrected chi connectivity index (χ2v) is 10.0. The van der Waals surface area contributed by atoms with Gasteiger partial charge in [0, 0.05) is 16.6 Å². The third kappa shape index (κ3) is 3.35. The smallest absolute Gasteiger partial charge is 0.256 e. The number of nitrogens with zero attached hydrogens (tertiary/aromatic N) is 1. The molecule has 1 saturated carbocycles. The summed E-state index contributed by atoms with van der Waals surface area (Å²) in [6, 6.07) is 16.7. The molecule has 3 aromatic rings. The van der Waals surface area contributed by atoms with Crippen molar-refractivity contribution in [1.82, 2.24) is 0 Å². The zero-order valence-electron chi connectivity index (χ0n) is 13.6. The number of thiophene rings is 1. The van der Waals surface area contributed by atoms with Crippen LogP contribution in [0.5, 0.6) is 0 Å². The van der Waals surface area contributed by atoms with Gasteiger partial charge in [-0.05, 0) is 46.5 Å². The molecule has 0 bridgehead atoms. The van der Waals surface area contributed by atoms with Crippen molar-refractivity contribution >= 4 is 52.4 Å². The van der Waals surface area contributed by atoms with E-state index in [2.05, 4.69) is 15.9 Å². The minimum atomic E-state index is -3.58. The Hall–Kier alpha value is -1.37. The summed E-state index contributed by atoms with van der Waals surface area (Å²) in [5.74, 6) is 0.668. The van der Waals surface area contributed by atoms with Crippen LogP contribution in [0.25, 0.3) is 10.1 Å². The number of rotatable bonds is 6. The molecular formula is C19H18BrNO2S2. The van der Waals surface area contributed by atoms with Crippen molar-refractivity contribution in [1.29, 1.82) is 0 Å². The molecule has 130 valence electrons. The number of hydrogen-bond acceptors (Lipinski definition) is 3. The first-order chi connectivity index (χ1) is 12.1. The molecule has 0 spiro atoms. The lowest BCUT2D eigenvalue weighted by Gasteiger charge is -2.23. The summed E-state index contributed by atoms with van der Waals surface area (Å²) in [6.07, 6.45) is 3.34. The van der Waals surface area contributed by atoms with Crippen LogP contribution < -0.4 is 4.31 Å². The van der Waals surface area contributed by atoms with Crippen LogP contribution in [0.3, 0.4) is 0 Å². The highest BCUT2D eigenvalue weighted by atomic mass is 79.9. The predicted octanol–water partition coefficient (Wildman–Crippen LogP) is 5.66. The van der Waals surface area contributed by atoms with Gasteiger partial charge < -0.3 is 0 Å². The summed E-state index contributed by atoms with van der Waals surface area (Å²) in [7, 11) is -3.58. The third-order valence-corrected chi connectivity index (χ3v) is 8.70. The first kappa shape index (κ1) is 17.1. The van der Waals surface area contributed by atoms with Gasteiger partial charge in [0.1, 0.15) is 5.00 Å². The van der Waals surface area contributed by atoms with Gasteiger partial charge in [0.05, 0.1) is 9.37 Å². The molecule has 2 aromatic carbocycles. The Balaban J connectivity index is 1.81. The first-order valence-electron chi connectivity index (χ1n) is 8.32. The van der Waals surface area contributed by atoms with Crippen molar-refractivity contribution < 1.29 is 8.42 Å². The van der Waals surface area contributed by atoms with Gasteiger partial charge in [-0.2, -0.15) is 0 Å². The highest BCUT2D eigenvalue weighted by Gasteiger charge is 2.31. The minimum absolute atomic E-state index is 0.343. The molecule has 0 amide bonds. The maximum atomic E-state index is 13.3. The lowest BCUT2D eigenvalue weighted by molar-refractivity contribution is 0.587. The fourth-order valence-corrected chi connectivity index (χ4v) is 6.81. The van der Waals surface area contributed by atoms with Crippen molar-refractivity contribution in [2.75, 3.05) is 10.8 Å². The molecule has 3 nitrogen and oxygen atoms in total. The molecule has 0 radical (unpaired) electrons. The lowest BCUT2D eigenvalue weighted by atomic mass is 10.2. The van der Waals surface area contributed by atoms with Crippen LogP contribution >= 0.6 is 27.3 Å². The first-order valence-corrected chi connectivity index (χ1v) is 11.4. The average molecular weight is 436 g/mol. The number of halogens is 1. The fourth-order valence-electron chi connectivity index (χ4n) is 2.92. The summed E-state index contributed by atoms with van der Waals surface area (Å²) in [5, 5.41) is 1.83. The number of hydrogen-bond donors (Lipinski definition) is 0. The summed E-state index contributed by atoms with van der Waals surface area (Å²) in [5.41, 5.74) is 0. The van der Waals surface area contributed by atoms with Gasteiger partial charge in [-0.15, -0.1) is 11.3 Å². The maximum absolute atomic E-state index is 13.3. The summed E-state index contributed by atoms with van der Waals surface area (Å²) in [6.45, 7) is 0.521. The molecule has 1 heterocycles. The molecule has 0 saturated heterocycles. The molecule has 1 aliphatic carbocycles. The normalized spacial score (nSPS) is 14.8. The zero-order chi connectivity index (χ0) is 17.4. The van der Waals surface area contributed by atoms with Crippen molar-refractivity contribution in [2.24, 2.45) is 5.92 Å². The molecule has 1 aromatic heterocycles. The van der Waals surface area contributed by atoms with Gasteiger partial charge in [-0.25, -0.2) is 8.42 Å². The Labute approximate surface area is 160 Å². The van der Waals surface area contributed by atoms with Gasteiger partial charge in [0.2, 0.25) is 0 Å². The van der Waals surface area contributed by atoms with E-state index < -0.39 is 10.0 Å². The molecule has 4 rings (SSSR count). The van der Waals surface area contributed by atoms with E-state index in [1.165, 1.54) is 24.2 Å². The zero-order valence-corrected chi connectivity index (χ0v) is 16.8. The predicted molar refractivity (Wildman–Crippen MR) is 108 cm³/mol. The molecule has 25 heavy (non-hydrogen) atoms. The monoisotopic (exact) mass is 435 g/mol. The third-order valence-electron chi connectivity index (χ3n) is 4.51. The Morgan fingerprint density at radius 1 is 1.04 bits per heavy atom. The van der Waals surface area contributed by atoms with E-state index >= 15 is 0 Å². The van der Waals surface area contributed by atoms with Crippen LogP contribution in [0.1, 0.15) is 19.3 Å². The molecular weight excluding hydrogens is 418 g/mol. The molecule has 6 heteroatoms. The van der Waals surface area contributed by atoms with Crippen LogP contribution in [0.2, 0.25) is 0 Å². The number of fused-ring (bicyclic) bond motifs is 1. The molecule has 1 aliphatic rings. The Kier molecular flexibility index (Phi) is 4.60. The fraction of sp³-hybridized carbons (Fsp3) is 0.263. The number of sulfonamides is 1. The topological polar surface area (TPSA) is 37.4 Å². The van der Waals surface area contributed by atoms with Gasteiger partial charge in [0.15, 0.2) is 0 Å². The quantitative estimate of drug-likeness (QED) is 0.500. The van der Waals surface area contributed by atoms with E-state index in [-0.39, 0.29) is 0 Å². The summed E-state index contributed by atoms with van der Waals surface area (Å²) in [4.78, 5) is 0.343. The second kappa shape index (κ2) is 6.74. The highest BCUT2D eigenvalue weighted by molar-refractivity contribution is 9.10.